The topological polar surface area (TPSA) is 61.8 Å². The van der Waals surface area contributed by atoms with Crippen LogP contribution in [0.15, 0.2) is 18.2 Å². The molecule has 2 rings (SSSR count). The van der Waals surface area contributed by atoms with Gasteiger partial charge in [0, 0.05) is 6.42 Å². The molecule has 96 valence electrons. The minimum Gasteiger partial charge on any atom is -0.493 e. The molecule has 1 aromatic rings. The van der Waals surface area contributed by atoms with Gasteiger partial charge in [0.15, 0.2) is 23.4 Å². The molecule has 1 unspecified atom stereocenters. The van der Waals surface area contributed by atoms with E-state index in [9.17, 15) is 9.59 Å². The summed E-state index contributed by atoms with van der Waals surface area (Å²) in [4.78, 5) is 22.9. The van der Waals surface area contributed by atoms with Crippen molar-refractivity contribution in [3.05, 3.63) is 23.8 Å². The number of hydrogen-bond donors (Lipinski definition) is 0. The summed E-state index contributed by atoms with van der Waals surface area (Å²) in [5, 5.41) is 0. The molecule has 0 N–H and O–H groups in total. The Balaban J connectivity index is 2.34. The lowest BCUT2D eigenvalue weighted by Gasteiger charge is -2.15. The van der Waals surface area contributed by atoms with E-state index in [-0.39, 0.29) is 5.78 Å². The number of ketones is 1. The highest BCUT2D eigenvalue weighted by Crippen LogP contribution is 2.33. The van der Waals surface area contributed by atoms with E-state index in [4.69, 9.17) is 14.2 Å². The minimum absolute atomic E-state index is 0.143. The Hall–Kier alpha value is -2.04. The van der Waals surface area contributed by atoms with E-state index in [1.807, 2.05) is 0 Å². The first kappa shape index (κ1) is 12.4. The normalized spacial score (nSPS) is 18.3. The Morgan fingerprint density at radius 1 is 1.44 bits per heavy atom. The third kappa shape index (κ3) is 2.30. The van der Waals surface area contributed by atoms with Crippen LogP contribution in [0.5, 0.6) is 11.5 Å². The number of carbonyl (C=O) groups excluding carboxylic acids is 2. The maximum absolute atomic E-state index is 11.5. The smallest absolute Gasteiger partial charge is 0.347 e. The van der Waals surface area contributed by atoms with Gasteiger partial charge < -0.3 is 14.2 Å². The molecule has 0 bridgehead atoms. The molecule has 1 fully saturated rings. The van der Waals surface area contributed by atoms with Crippen molar-refractivity contribution < 1.29 is 23.8 Å². The second-order valence-corrected chi connectivity index (χ2v) is 3.96. The third-order valence-corrected chi connectivity index (χ3v) is 2.73. The molecule has 0 aliphatic carbocycles. The van der Waals surface area contributed by atoms with Gasteiger partial charge in [-0.25, -0.2) is 4.79 Å². The molecule has 1 aliphatic heterocycles. The summed E-state index contributed by atoms with van der Waals surface area (Å²) in [5.74, 6) is 0.185. The summed E-state index contributed by atoms with van der Waals surface area (Å²) in [5.41, 5.74) is 0.397. The Labute approximate surface area is 105 Å². The molecule has 0 aromatic heterocycles. The maximum Gasteiger partial charge on any atom is 0.347 e. The van der Waals surface area contributed by atoms with Crippen LogP contribution in [0.1, 0.15) is 23.7 Å². The summed E-state index contributed by atoms with van der Waals surface area (Å²) in [6.07, 6.45) is -0.187. The number of rotatable bonds is 4. The van der Waals surface area contributed by atoms with Crippen molar-refractivity contribution in [1.29, 1.82) is 0 Å². The average molecular weight is 250 g/mol. The lowest BCUT2D eigenvalue weighted by atomic mass is 10.1. The van der Waals surface area contributed by atoms with E-state index >= 15 is 0 Å². The van der Waals surface area contributed by atoms with E-state index in [2.05, 4.69) is 0 Å². The SMILES string of the molecule is COc1cccc(C(C)=O)c1OC1CCOC1=O. The van der Waals surface area contributed by atoms with Crippen LogP contribution in [0, 0.1) is 0 Å². The second kappa shape index (κ2) is 5.08. The fraction of sp³-hybridized carbons (Fsp3) is 0.385. The summed E-state index contributed by atoms with van der Waals surface area (Å²) >= 11 is 0. The van der Waals surface area contributed by atoms with E-state index in [0.717, 1.165) is 0 Å². The molecular weight excluding hydrogens is 236 g/mol. The zero-order valence-electron chi connectivity index (χ0n) is 10.3. The van der Waals surface area contributed by atoms with Crippen molar-refractivity contribution in [2.45, 2.75) is 19.4 Å². The predicted molar refractivity (Wildman–Crippen MR) is 63.0 cm³/mol. The highest BCUT2D eigenvalue weighted by molar-refractivity contribution is 5.97. The second-order valence-electron chi connectivity index (χ2n) is 3.96. The zero-order chi connectivity index (χ0) is 13.1. The highest BCUT2D eigenvalue weighted by Gasteiger charge is 2.30. The largest absolute Gasteiger partial charge is 0.493 e. The zero-order valence-corrected chi connectivity index (χ0v) is 10.3. The number of carbonyl (C=O) groups is 2. The third-order valence-electron chi connectivity index (χ3n) is 2.73. The fourth-order valence-electron chi connectivity index (χ4n) is 1.80. The van der Waals surface area contributed by atoms with Crippen molar-refractivity contribution in [2.75, 3.05) is 13.7 Å². The molecule has 5 nitrogen and oxygen atoms in total. The van der Waals surface area contributed by atoms with Crippen LogP contribution in [0.3, 0.4) is 0 Å². The molecule has 1 aliphatic rings. The van der Waals surface area contributed by atoms with E-state index < -0.39 is 12.1 Å². The van der Waals surface area contributed by atoms with Gasteiger partial charge in [-0.3, -0.25) is 4.79 Å². The van der Waals surface area contributed by atoms with E-state index in [0.29, 0.717) is 30.1 Å². The standard InChI is InChI=1S/C13H14O5/c1-8(14)9-4-3-5-10(16-2)12(9)18-11-6-7-17-13(11)15/h3-5,11H,6-7H2,1-2H3. The van der Waals surface area contributed by atoms with Gasteiger partial charge in [0.2, 0.25) is 0 Å². The molecule has 5 heteroatoms. The minimum atomic E-state index is -0.667. The number of Topliss-reactive ketones (excluding diaryl/α,β-unsaturated/α-hetero) is 1. The number of para-hydroxylation sites is 1. The van der Waals surface area contributed by atoms with Gasteiger partial charge in [-0.1, -0.05) is 6.07 Å². The number of benzene rings is 1. The number of hydrogen-bond acceptors (Lipinski definition) is 5. The summed E-state index contributed by atoms with van der Waals surface area (Å²) in [6, 6.07) is 5.03. The summed E-state index contributed by atoms with van der Waals surface area (Å²) < 4.78 is 15.6. The van der Waals surface area contributed by atoms with Crippen molar-refractivity contribution >= 4 is 11.8 Å². The first-order valence-corrected chi connectivity index (χ1v) is 5.64. The quantitative estimate of drug-likeness (QED) is 0.600. The van der Waals surface area contributed by atoms with Crippen LogP contribution in [0.4, 0.5) is 0 Å². The van der Waals surface area contributed by atoms with Crippen molar-refractivity contribution in [3.8, 4) is 11.5 Å². The van der Waals surface area contributed by atoms with Crippen molar-refractivity contribution in [1.82, 2.24) is 0 Å². The van der Waals surface area contributed by atoms with E-state index in [1.165, 1.54) is 14.0 Å². The van der Waals surface area contributed by atoms with Gasteiger partial charge >= 0.3 is 5.97 Å². The van der Waals surface area contributed by atoms with Crippen molar-refractivity contribution in [3.63, 3.8) is 0 Å². The van der Waals surface area contributed by atoms with Crippen LogP contribution in [-0.4, -0.2) is 31.6 Å². The monoisotopic (exact) mass is 250 g/mol. The average Bonchev–Trinajstić information content (AvgIpc) is 2.75. The first-order chi connectivity index (χ1) is 8.63. The van der Waals surface area contributed by atoms with Gasteiger partial charge in [0.25, 0.3) is 0 Å². The van der Waals surface area contributed by atoms with Crippen LogP contribution in [0.2, 0.25) is 0 Å². The first-order valence-electron chi connectivity index (χ1n) is 5.64. The maximum atomic E-state index is 11.5. The molecule has 0 radical (unpaired) electrons. The van der Waals surface area contributed by atoms with Crippen LogP contribution < -0.4 is 9.47 Å². The molecule has 0 saturated carbocycles. The van der Waals surface area contributed by atoms with Crippen molar-refractivity contribution in [2.24, 2.45) is 0 Å². The molecule has 1 atom stereocenters. The van der Waals surface area contributed by atoms with Gasteiger partial charge in [0.05, 0.1) is 19.3 Å². The van der Waals surface area contributed by atoms with Gasteiger partial charge in [-0.05, 0) is 19.1 Å². The fourth-order valence-corrected chi connectivity index (χ4v) is 1.80. The summed E-state index contributed by atoms with van der Waals surface area (Å²) in [6.45, 7) is 1.78. The molecule has 1 heterocycles. The predicted octanol–water partition coefficient (Wildman–Crippen LogP) is 1.59. The van der Waals surface area contributed by atoms with Crippen LogP contribution in [0.25, 0.3) is 0 Å². The highest BCUT2D eigenvalue weighted by atomic mass is 16.6. The van der Waals surface area contributed by atoms with Gasteiger partial charge in [0.1, 0.15) is 0 Å². The Morgan fingerprint density at radius 3 is 2.78 bits per heavy atom. The number of cyclic esters (lactones) is 1. The molecule has 18 heavy (non-hydrogen) atoms. The Bertz CT molecular complexity index is 480. The van der Waals surface area contributed by atoms with Crippen LogP contribution in [-0.2, 0) is 9.53 Å². The van der Waals surface area contributed by atoms with Gasteiger partial charge in [-0.2, -0.15) is 0 Å². The Morgan fingerprint density at radius 2 is 2.22 bits per heavy atom. The van der Waals surface area contributed by atoms with Crippen LogP contribution >= 0.6 is 0 Å². The molecule has 0 amide bonds. The van der Waals surface area contributed by atoms with Gasteiger partial charge in [-0.15, -0.1) is 0 Å². The number of esters is 1. The molecule has 1 aromatic carbocycles. The lowest BCUT2D eigenvalue weighted by Crippen LogP contribution is -2.23. The Kier molecular flexibility index (Phi) is 3.50. The van der Waals surface area contributed by atoms with E-state index in [1.54, 1.807) is 18.2 Å². The lowest BCUT2D eigenvalue weighted by molar-refractivity contribution is -0.143. The number of ether oxygens (including phenoxy) is 3. The molecular formula is C13H14O5. The summed E-state index contributed by atoms with van der Waals surface area (Å²) in [7, 11) is 1.49. The molecule has 1 saturated heterocycles. The number of methoxy groups -OCH3 is 1. The molecule has 0 spiro atoms.